The van der Waals surface area contributed by atoms with Gasteiger partial charge in [0.25, 0.3) is 0 Å². The lowest BCUT2D eigenvalue weighted by atomic mass is 9.89. The van der Waals surface area contributed by atoms with Crippen molar-refractivity contribution in [3.05, 3.63) is 0 Å². The van der Waals surface area contributed by atoms with E-state index in [0.29, 0.717) is 0 Å². The Hall–Kier alpha value is -0.0400. The van der Waals surface area contributed by atoms with Gasteiger partial charge in [-0.1, -0.05) is 59.8 Å². The molecule has 0 saturated heterocycles. The highest BCUT2D eigenvalue weighted by Gasteiger charge is 2.38. The van der Waals surface area contributed by atoms with Crippen molar-refractivity contribution in [1.29, 1.82) is 0 Å². The maximum absolute atomic E-state index is 5.62. The Kier molecular flexibility index (Phi) is 8.84. The van der Waals surface area contributed by atoms with Crippen LogP contribution < -0.4 is 5.73 Å². The zero-order valence-electron chi connectivity index (χ0n) is 14.5. The number of hydrogen-bond acceptors (Lipinski definition) is 1. The average Bonchev–Trinajstić information content (AvgIpc) is 3.32. The molecule has 4 saturated carbocycles. The highest BCUT2D eigenvalue weighted by atomic mass is 14.6. The van der Waals surface area contributed by atoms with Crippen LogP contribution in [0.1, 0.15) is 85.5 Å². The molecule has 4 aliphatic rings. The van der Waals surface area contributed by atoms with Gasteiger partial charge in [-0.25, -0.2) is 0 Å². The van der Waals surface area contributed by atoms with E-state index in [1.165, 1.54) is 37.5 Å². The number of nitrogens with two attached hydrogens (primary N) is 1. The monoisotopic (exact) mass is 281 g/mol. The Bertz CT molecular complexity index is 220. The molecule has 120 valence electrons. The Morgan fingerprint density at radius 1 is 0.650 bits per heavy atom. The van der Waals surface area contributed by atoms with Gasteiger partial charge in [0, 0.05) is 0 Å². The van der Waals surface area contributed by atoms with E-state index in [0.717, 1.165) is 24.3 Å². The minimum Gasteiger partial charge on any atom is -0.330 e. The highest BCUT2D eigenvalue weighted by molar-refractivity contribution is 4.90. The second-order valence-electron chi connectivity index (χ2n) is 6.79. The van der Waals surface area contributed by atoms with Crippen molar-refractivity contribution in [1.82, 2.24) is 0 Å². The Morgan fingerprint density at radius 3 is 1.35 bits per heavy atom. The van der Waals surface area contributed by atoms with Crippen molar-refractivity contribution in [2.45, 2.75) is 85.5 Å². The van der Waals surface area contributed by atoms with E-state index in [2.05, 4.69) is 0 Å². The first-order valence-corrected chi connectivity index (χ1v) is 9.55. The molecule has 4 rings (SSSR count). The highest BCUT2D eigenvalue weighted by Crippen LogP contribution is 2.47. The van der Waals surface area contributed by atoms with Gasteiger partial charge < -0.3 is 5.73 Å². The summed E-state index contributed by atoms with van der Waals surface area (Å²) in [7, 11) is 0. The third kappa shape index (κ3) is 4.76. The van der Waals surface area contributed by atoms with Crippen LogP contribution in [-0.4, -0.2) is 6.54 Å². The lowest BCUT2D eigenvalue weighted by molar-refractivity contribution is 0.341. The zero-order chi connectivity index (χ0) is 15.0. The standard InChI is InChI=1S/C8H15N.C7H12.2C2H6/c9-5-8-4-6-1-2-7(8)3-6;1-2-7-4-3-6(1)5-7;2*1-2/h6-8H,1-5,9H2;6-7H,1-5H2;2*1-2H3. The van der Waals surface area contributed by atoms with E-state index in [-0.39, 0.29) is 0 Å². The van der Waals surface area contributed by atoms with Crippen molar-refractivity contribution < 1.29 is 0 Å². The summed E-state index contributed by atoms with van der Waals surface area (Å²) < 4.78 is 0. The SMILES string of the molecule is C1CC2CCC1C2.CC.CC.NCC1CC2CCC1C2. The summed E-state index contributed by atoms with van der Waals surface area (Å²) >= 11 is 0. The number of rotatable bonds is 1. The zero-order valence-corrected chi connectivity index (χ0v) is 14.5. The molecule has 4 fully saturated rings. The van der Waals surface area contributed by atoms with Crippen molar-refractivity contribution in [3.63, 3.8) is 0 Å². The summed E-state index contributed by atoms with van der Waals surface area (Å²) in [6, 6.07) is 0. The minimum atomic E-state index is 0.906. The Labute approximate surface area is 128 Å². The van der Waals surface area contributed by atoms with Crippen LogP contribution in [0.3, 0.4) is 0 Å². The first-order chi connectivity index (χ1) is 9.85. The van der Waals surface area contributed by atoms with Gasteiger partial charge in [-0.2, -0.15) is 0 Å². The normalized spacial score (nSPS) is 39.1. The second kappa shape index (κ2) is 9.82. The molecule has 4 bridgehead atoms. The maximum atomic E-state index is 5.62. The lowest BCUT2D eigenvalue weighted by Gasteiger charge is -2.18. The van der Waals surface area contributed by atoms with Gasteiger partial charge in [-0.15, -0.1) is 0 Å². The van der Waals surface area contributed by atoms with E-state index in [4.69, 9.17) is 5.73 Å². The molecule has 0 aromatic heterocycles. The van der Waals surface area contributed by atoms with Gasteiger partial charge in [-0.05, 0) is 61.8 Å². The topological polar surface area (TPSA) is 26.0 Å². The third-order valence-corrected chi connectivity index (χ3v) is 5.82. The van der Waals surface area contributed by atoms with Crippen LogP contribution in [0.2, 0.25) is 0 Å². The predicted molar refractivity (Wildman–Crippen MR) is 90.8 cm³/mol. The Morgan fingerprint density at radius 2 is 1.15 bits per heavy atom. The van der Waals surface area contributed by atoms with Gasteiger partial charge in [0.05, 0.1) is 0 Å². The molecule has 0 aromatic carbocycles. The second-order valence-corrected chi connectivity index (χ2v) is 6.79. The molecule has 20 heavy (non-hydrogen) atoms. The van der Waals surface area contributed by atoms with Gasteiger partial charge in [-0.3, -0.25) is 0 Å². The van der Waals surface area contributed by atoms with Crippen molar-refractivity contribution in [2.75, 3.05) is 6.54 Å². The fourth-order valence-corrected chi connectivity index (χ4v) is 4.84. The van der Waals surface area contributed by atoms with Crippen LogP contribution in [-0.2, 0) is 0 Å². The molecule has 2 N–H and O–H groups in total. The lowest BCUT2D eigenvalue weighted by Crippen LogP contribution is -2.19. The fraction of sp³-hybridized carbons (Fsp3) is 1.00. The quantitative estimate of drug-likeness (QED) is 0.662. The molecular weight excluding hydrogens is 242 g/mol. The largest absolute Gasteiger partial charge is 0.330 e. The molecule has 0 spiro atoms. The molecule has 3 atom stereocenters. The van der Waals surface area contributed by atoms with Crippen LogP contribution in [0.15, 0.2) is 0 Å². The average molecular weight is 282 g/mol. The minimum absolute atomic E-state index is 0.906. The third-order valence-electron chi connectivity index (χ3n) is 5.82. The summed E-state index contributed by atoms with van der Waals surface area (Å²) in [4.78, 5) is 0. The number of hydrogen-bond donors (Lipinski definition) is 1. The van der Waals surface area contributed by atoms with Gasteiger partial charge in [0.1, 0.15) is 0 Å². The van der Waals surface area contributed by atoms with E-state index in [9.17, 15) is 0 Å². The Balaban J connectivity index is 0.000000164. The van der Waals surface area contributed by atoms with Crippen molar-refractivity contribution in [2.24, 2.45) is 35.3 Å². The molecule has 0 aromatic rings. The first kappa shape index (κ1) is 18.0. The molecule has 4 aliphatic carbocycles. The molecule has 0 radical (unpaired) electrons. The molecule has 3 unspecified atom stereocenters. The van der Waals surface area contributed by atoms with E-state index >= 15 is 0 Å². The first-order valence-electron chi connectivity index (χ1n) is 9.55. The summed E-state index contributed by atoms with van der Waals surface area (Å²) in [5, 5.41) is 0. The van der Waals surface area contributed by atoms with E-state index in [1.54, 1.807) is 32.1 Å². The molecule has 0 heterocycles. The molecule has 0 aliphatic heterocycles. The number of fused-ring (bicyclic) bond motifs is 4. The van der Waals surface area contributed by atoms with Crippen LogP contribution in [0.4, 0.5) is 0 Å². The van der Waals surface area contributed by atoms with Gasteiger partial charge >= 0.3 is 0 Å². The van der Waals surface area contributed by atoms with Gasteiger partial charge in [0.2, 0.25) is 0 Å². The molecule has 1 heteroatoms. The van der Waals surface area contributed by atoms with Gasteiger partial charge in [0.15, 0.2) is 0 Å². The molecular formula is C19H39N. The van der Waals surface area contributed by atoms with Crippen LogP contribution in [0.5, 0.6) is 0 Å². The van der Waals surface area contributed by atoms with Crippen molar-refractivity contribution in [3.8, 4) is 0 Å². The maximum Gasteiger partial charge on any atom is -0.00461 e. The van der Waals surface area contributed by atoms with E-state index < -0.39 is 0 Å². The summed E-state index contributed by atoms with van der Waals surface area (Å²) in [5.74, 6) is 5.35. The molecule has 1 nitrogen and oxygen atoms in total. The van der Waals surface area contributed by atoms with Crippen LogP contribution >= 0.6 is 0 Å². The van der Waals surface area contributed by atoms with Crippen LogP contribution in [0, 0.1) is 29.6 Å². The predicted octanol–water partition coefficient (Wildman–Crippen LogP) is 5.63. The molecule has 0 amide bonds. The van der Waals surface area contributed by atoms with Crippen molar-refractivity contribution >= 4 is 0 Å². The van der Waals surface area contributed by atoms with E-state index in [1.807, 2.05) is 27.7 Å². The summed E-state index contributed by atoms with van der Waals surface area (Å²) in [6.45, 7) is 8.95. The summed E-state index contributed by atoms with van der Waals surface area (Å²) in [6.07, 6.45) is 13.8. The smallest absolute Gasteiger partial charge is 0.00461 e. The fourth-order valence-electron chi connectivity index (χ4n) is 4.84. The van der Waals surface area contributed by atoms with Crippen LogP contribution in [0.25, 0.3) is 0 Å². The summed E-state index contributed by atoms with van der Waals surface area (Å²) in [5.41, 5.74) is 5.62.